The zero-order valence-electron chi connectivity index (χ0n) is 17.3. The number of benzene rings is 1. The third kappa shape index (κ3) is 6.27. The smallest absolute Gasteiger partial charge is 0.305 e. The van der Waals surface area contributed by atoms with E-state index < -0.39 is 12.2 Å². The molecule has 166 valence electrons. The van der Waals surface area contributed by atoms with Crippen LogP contribution < -0.4 is 4.74 Å². The highest BCUT2D eigenvalue weighted by molar-refractivity contribution is 5.68. The van der Waals surface area contributed by atoms with Gasteiger partial charge < -0.3 is 24.4 Å². The molecule has 1 aromatic rings. The van der Waals surface area contributed by atoms with Gasteiger partial charge in [-0.25, -0.2) is 4.39 Å². The molecule has 30 heavy (non-hydrogen) atoms. The first-order valence-corrected chi connectivity index (χ1v) is 10.6. The average Bonchev–Trinajstić information content (AvgIpc) is 3.25. The number of rotatable bonds is 10. The van der Waals surface area contributed by atoms with Gasteiger partial charge in [0.1, 0.15) is 24.3 Å². The van der Waals surface area contributed by atoms with Crippen molar-refractivity contribution < 1.29 is 33.6 Å². The van der Waals surface area contributed by atoms with Crippen molar-refractivity contribution in [1.29, 1.82) is 0 Å². The van der Waals surface area contributed by atoms with E-state index in [1.165, 1.54) is 31.4 Å². The van der Waals surface area contributed by atoms with Crippen LogP contribution in [0.1, 0.15) is 32.1 Å². The van der Waals surface area contributed by atoms with Crippen molar-refractivity contribution in [1.82, 2.24) is 0 Å². The summed E-state index contributed by atoms with van der Waals surface area (Å²) < 4.78 is 28.9. The number of esters is 1. The number of halogens is 1. The Kier molecular flexibility index (Phi) is 8.24. The second-order valence-electron chi connectivity index (χ2n) is 8.17. The van der Waals surface area contributed by atoms with Crippen LogP contribution in [0, 0.1) is 23.6 Å². The first-order valence-electron chi connectivity index (χ1n) is 10.6. The summed E-state index contributed by atoms with van der Waals surface area (Å²) in [6.07, 6.45) is 6.02. The number of carbonyl (C=O) groups excluding carboxylic acids is 1. The summed E-state index contributed by atoms with van der Waals surface area (Å²) in [4.78, 5) is 11.2. The molecule has 1 aromatic carbocycles. The largest absolute Gasteiger partial charge is 0.491 e. The van der Waals surface area contributed by atoms with Crippen LogP contribution in [0.4, 0.5) is 4.39 Å². The van der Waals surface area contributed by atoms with Crippen molar-refractivity contribution >= 4 is 5.97 Å². The molecular weight excluding hydrogens is 391 g/mol. The van der Waals surface area contributed by atoms with Gasteiger partial charge in [-0.3, -0.25) is 4.79 Å². The molecule has 2 N–H and O–H groups in total. The van der Waals surface area contributed by atoms with Gasteiger partial charge in [0, 0.05) is 18.9 Å². The molecular formula is C23H31FO6. The highest BCUT2D eigenvalue weighted by Gasteiger charge is 2.47. The Labute approximate surface area is 176 Å². The fourth-order valence-corrected chi connectivity index (χ4v) is 4.60. The molecule has 0 aromatic heterocycles. The molecule has 3 rings (SSSR count). The quantitative estimate of drug-likeness (QED) is 0.343. The summed E-state index contributed by atoms with van der Waals surface area (Å²) >= 11 is 0. The highest BCUT2D eigenvalue weighted by Crippen LogP contribution is 2.49. The number of hydrogen-bond donors (Lipinski definition) is 2. The van der Waals surface area contributed by atoms with E-state index >= 15 is 0 Å². The monoisotopic (exact) mass is 422 g/mol. The van der Waals surface area contributed by atoms with Gasteiger partial charge in [-0.1, -0.05) is 12.2 Å². The van der Waals surface area contributed by atoms with Crippen LogP contribution in [0.3, 0.4) is 0 Å². The van der Waals surface area contributed by atoms with E-state index in [1.807, 2.05) is 6.08 Å². The van der Waals surface area contributed by atoms with Crippen molar-refractivity contribution in [2.75, 3.05) is 20.3 Å². The van der Waals surface area contributed by atoms with Crippen LogP contribution in [0.2, 0.25) is 0 Å². The maximum Gasteiger partial charge on any atom is 0.305 e. The molecule has 0 saturated heterocycles. The Morgan fingerprint density at radius 1 is 1.27 bits per heavy atom. The van der Waals surface area contributed by atoms with Crippen molar-refractivity contribution in [2.24, 2.45) is 17.8 Å². The second kappa shape index (κ2) is 10.9. The van der Waals surface area contributed by atoms with Crippen molar-refractivity contribution in [3.8, 4) is 5.75 Å². The lowest BCUT2D eigenvalue weighted by molar-refractivity contribution is -0.141. The van der Waals surface area contributed by atoms with Crippen LogP contribution in [-0.2, 0) is 14.3 Å². The number of carbonyl (C=O) groups is 1. The highest BCUT2D eigenvalue weighted by atomic mass is 19.1. The minimum Gasteiger partial charge on any atom is -0.491 e. The zero-order valence-corrected chi connectivity index (χ0v) is 17.3. The molecule has 0 aliphatic heterocycles. The standard InChI is InChI=1S/C23H31FO6/c1-28-23(27)3-2-10-29-19-11-15-12-22(26)20(21(15)13-19)9-6-17(25)14-30-18-7-4-16(24)5-8-18/h4-9,15,17,19-22,25-26H,2-3,10-14H2,1H3/t15-,17?,19?,20+,21+,22+/m0/s1. The van der Waals surface area contributed by atoms with Crippen LogP contribution in [0.5, 0.6) is 5.75 Å². The number of aliphatic hydroxyl groups excluding tert-OH is 2. The molecule has 0 heterocycles. The van der Waals surface area contributed by atoms with Crippen LogP contribution in [0.25, 0.3) is 0 Å². The molecule has 2 fully saturated rings. The summed E-state index contributed by atoms with van der Waals surface area (Å²) in [5.41, 5.74) is 0. The molecule has 6 nitrogen and oxygen atoms in total. The summed E-state index contributed by atoms with van der Waals surface area (Å²) in [6.45, 7) is 0.590. The Balaban J connectivity index is 1.43. The topological polar surface area (TPSA) is 85.2 Å². The van der Waals surface area contributed by atoms with E-state index in [-0.39, 0.29) is 30.4 Å². The van der Waals surface area contributed by atoms with Gasteiger partial charge in [0.15, 0.2) is 0 Å². The van der Waals surface area contributed by atoms with E-state index in [0.717, 1.165) is 19.3 Å². The Bertz CT molecular complexity index is 706. The van der Waals surface area contributed by atoms with Gasteiger partial charge in [0.2, 0.25) is 0 Å². The number of methoxy groups -OCH3 is 1. The number of hydrogen-bond acceptors (Lipinski definition) is 6. The van der Waals surface area contributed by atoms with E-state index in [9.17, 15) is 19.4 Å². The zero-order chi connectivity index (χ0) is 21.5. The van der Waals surface area contributed by atoms with E-state index in [1.54, 1.807) is 6.08 Å². The lowest BCUT2D eigenvalue weighted by Crippen LogP contribution is -2.21. The maximum absolute atomic E-state index is 12.9. The second-order valence-corrected chi connectivity index (χ2v) is 8.17. The van der Waals surface area contributed by atoms with Crippen LogP contribution in [-0.4, -0.2) is 54.8 Å². The minimum absolute atomic E-state index is 0.0147. The number of fused-ring (bicyclic) bond motifs is 1. The van der Waals surface area contributed by atoms with Crippen LogP contribution in [0.15, 0.2) is 36.4 Å². The minimum atomic E-state index is -0.812. The van der Waals surface area contributed by atoms with Crippen LogP contribution >= 0.6 is 0 Å². The maximum atomic E-state index is 12.9. The summed E-state index contributed by atoms with van der Waals surface area (Å²) in [5, 5.41) is 20.6. The van der Waals surface area contributed by atoms with Gasteiger partial charge in [-0.05, 0) is 61.8 Å². The third-order valence-corrected chi connectivity index (χ3v) is 6.09. The molecule has 2 unspecified atom stereocenters. The normalized spacial score (nSPS) is 29.1. The molecule has 0 radical (unpaired) electrons. The molecule has 0 bridgehead atoms. The summed E-state index contributed by atoms with van der Waals surface area (Å²) in [7, 11) is 1.38. The third-order valence-electron chi connectivity index (χ3n) is 6.09. The molecule has 0 amide bonds. The first-order chi connectivity index (χ1) is 14.5. The lowest BCUT2D eigenvalue weighted by Gasteiger charge is -2.19. The SMILES string of the molecule is COC(=O)CCCOC1C[C@H]2C[C@@H](O)[C@H](C=CC(O)COc3ccc(F)cc3)[C@@H]2C1. The Morgan fingerprint density at radius 3 is 2.77 bits per heavy atom. The van der Waals surface area contributed by atoms with Gasteiger partial charge in [0.05, 0.1) is 19.3 Å². The van der Waals surface area contributed by atoms with Gasteiger partial charge in [0.25, 0.3) is 0 Å². The fourth-order valence-electron chi connectivity index (χ4n) is 4.60. The summed E-state index contributed by atoms with van der Waals surface area (Å²) in [5.74, 6) is 0.652. The number of ether oxygens (including phenoxy) is 3. The van der Waals surface area contributed by atoms with Crippen molar-refractivity contribution in [3.63, 3.8) is 0 Å². The van der Waals surface area contributed by atoms with E-state index in [4.69, 9.17) is 9.47 Å². The molecule has 2 aliphatic rings. The van der Waals surface area contributed by atoms with Crippen molar-refractivity contribution in [2.45, 2.75) is 50.4 Å². The predicted octanol–water partition coefficient (Wildman–Crippen LogP) is 2.87. The van der Waals surface area contributed by atoms with Gasteiger partial charge in [-0.15, -0.1) is 0 Å². The van der Waals surface area contributed by atoms with E-state index in [2.05, 4.69) is 4.74 Å². The lowest BCUT2D eigenvalue weighted by atomic mass is 9.90. The number of aliphatic hydroxyl groups is 2. The molecule has 0 spiro atoms. The average molecular weight is 422 g/mol. The van der Waals surface area contributed by atoms with Crippen molar-refractivity contribution in [3.05, 3.63) is 42.2 Å². The molecule has 6 atom stereocenters. The first kappa shape index (κ1) is 22.7. The Morgan fingerprint density at radius 2 is 2.03 bits per heavy atom. The van der Waals surface area contributed by atoms with Gasteiger partial charge >= 0.3 is 5.97 Å². The van der Waals surface area contributed by atoms with Gasteiger partial charge in [-0.2, -0.15) is 0 Å². The Hall–Kier alpha value is -1.96. The predicted molar refractivity (Wildman–Crippen MR) is 108 cm³/mol. The molecule has 7 heteroatoms. The van der Waals surface area contributed by atoms with E-state index in [0.29, 0.717) is 37.0 Å². The fraction of sp³-hybridized carbons (Fsp3) is 0.609. The molecule has 2 saturated carbocycles. The molecule has 2 aliphatic carbocycles. The summed E-state index contributed by atoms with van der Waals surface area (Å²) in [6, 6.07) is 5.64.